The summed E-state index contributed by atoms with van der Waals surface area (Å²) in [5.41, 5.74) is 5.31. The first kappa shape index (κ1) is 23.7. The fourth-order valence-electron chi connectivity index (χ4n) is 4.20. The van der Waals surface area contributed by atoms with Crippen molar-refractivity contribution in [2.24, 2.45) is 7.05 Å². The molecule has 4 rings (SSSR count). The molecule has 6 nitrogen and oxygen atoms in total. The predicted octanol–water partition coefficient (Wildman–Crippen LogP) is 4.83. The molecule has 0 bridgehead atoms. The number of amides is 1. The Balaban J connectivity index is 1.50. The predicted molar refractivity (Wildman–Crippen MR) is 136 cm³/mol. The summed E-state index contributed by atoms with van der Waals surface area (Å²) in [4.78, 5) is 19.9. The summed E-state index contributed by atoms with van der Waals surface area (Å²) in [6.45, 7) is 0.957. The molecule has 1 aromatic heterocycles. The highest BCUT2D eigenvalue weighted by atomic mass is 16.2. The van der Waals surface area contributed by atoms with Gasteiger partial charge < -0.3 is 9.47 Å². The third kappa shape index (κ3) is 5.75. The van der Waals surface area contributed by atoms with Gasteiger partial charge in [-0.2, -0.15) is 10.5 Å². The molecule has 174 valence electrons. The topological polar surface area (TPSA) is 85.7 Å². The van der Waals surface area contributed by atoms with Crippen LogP contribution in [-0.4, -0.2) is 33.4 Å². The van der Waals surface area contributed by atoms with Crippen LogP contribution in [0.15, 0.2) is 72.8 Å². The van der Waals surface area contributed by atoms with Gasteiger partial charge in [0.05, 0.1) is 35.2 Å². The van der Waals surface area contributed by atoms with Gasteiger partial charge in [0.15, 0.2) is 0 Å². The number of aryl methyl sites for hydroxylation is 3. The van der Waals surface area contributed by atoms with Crippen molar-refractivity contribution in [3.8, 4) is 12.1 Å². The van der Waals surface area contributed by atoms with Crippen LogP contribution >= 0.6 is 0 Å². The summed E-state index contributed by atoms with van der Waals surface area (Å²) in [7, 11) is 1.99. The molecular weight excluding hydrogens is 434 g/mol. The van der Waals surface area contributed by atoms with Gasteiger partial charge in [0.2, 0.25) is 0 Å². The number of nitrogens with zero attached hydrogens (tertiary/aromatic N) is 5. The van der Waals surface area contributed by atoms with E-state index in [-0.39, 0.29) is 5.91 Å². The molecule has 0 saturated heterocycles. The number of carbonyl (C=O) groups is 1. The lowest BCUT2D eigenvalue weighted by molar-refractivity contribution is 0.0761. The largest absolute Gasteiger partial charge is 0.337 e. The number of rotatable bonds is 9. The van der Waals surface area contributed by atoms with Crippen molar-refractivity contribution < 1.29 is 4.79 Å². The third-order valence-corrected chi connectivity index (χ3v) is 6.23. The van der Waals surface area contributed by atoms with Crippen LogP contribution in [0.2, 0.25) is 0 Å². The monoisotopic (exact) mass is 461 g/mol. The van der Waals surface area contributed by atoms with Crippen molar-refractivity contribution in [3.05, 3.63) is 101 Å². The van der Waals surface area contributed by atoms with Gasteiger partial charge in [0.1, 0.15) is 5.82 Å². The van der Waals surface area contributed by atoms with Crippen LogP contribution in [0, 0.1) is 22.7 Å². The quantitative estimate of drug-likeness (QED) is 0.357. The van der Waals surface area contributed by atoms with E-state index in [9.17, 15) is 4.79 Å². The van der Waals surface area contributed by atoms with Gasteiger partial charge in [-0.1, -0.05) is 42.5 Å². The van der Waals surface area contributed by atoms with Crippen molar-refractivity contribution >= 4 is 16.9 Å². The molecule has 0 radical (unpaired) electrons. The van der Waals surface area contributed by atoms with Crippen molar-refractivity contribution in [2.75, 3.05) is 13.1 Å². The Morgan fingerprint density at radius 1 is 0.914 bits per heavy atom. The maximum Gasteiger partial charge on any atom is 0.253 e. The first-order valence-electron chi connectivity index (χ1n) is 11.7. The highest BCUT2D eigenvalue weighted by Gasteiger charge is 2.18. The third-order valence-electron chi connectivity index (χ3n) is 6.23. The molecule has 0 unspecified atom stereocenters. The molecule has 0 atom stereocenters. The molecule has 0 aliphatic rings. The lowest BCUT2D eigenvalue weighted by Crippen LogP contribution is -2.33. The van der Waals surface area contributed by atoms with Gasteiger partial charge in [-0.3, -0.25) is 4.79 Å². The first-order valence-corrected chi connectivity index (χ1v) is 11.7. The summed E-state index contributed by atoms with van der Waals surface area (Å²) < 4.78 is 2.07. The number of benzene rings is 3. The molecule has 1 heterocycles. The number of hydrogen-bond acceptors (Lipinski definition) is 4. The molecular formula is C29H27N5O. The van der Waals surface area contributed by atoms with E-state index in [1.165, 1.54) is 0 Å². The maximum absolute atomic E-state index is 13.3. The minimum atomic E-state index is -0.0807. The van der Waals surface area contributed by atoms with Crippen LogP contribution in [0.1, 0.15) is 39.3 Å². The average Bonchev–Trinajstić information content (AvgIpc) is 3.22. The minimum absolute atomic E-state index is 0.0807. The molecule has 0 saturated carbocycles. The zero-order valence-corrected chi connectivity index (χ0v) is 19.8. The van der Waals surface area contributed by atoms with Crippen LogP contribution < -0.4 is 0 Å². The van der Waals surface area contributed by atoms with Crippen molar-refractivity contribution in [3.63, 3.8) is 0 Å². The van der Waals surface area contributed by atoms with E-state index in [1.807, 2.05) is 79.8 Å². The van der Waals surface area contributed by atoms with Crippen LogP contribution in [0.4, 0.5) is 0 Å². The molecule has 0 fully saturated rings. The van der Waals surface area contributed by atoms with E-state index >= 15 is 0 Å². The molecule has 6 heteroatoms. The van der Waals surface area contributed by atoms with Crippen molar-refractivity contribution in [1.82, 2.24) is 14.5 Å². The maximum atomic E-state index is 13.3. The van der Waals surface area contributed by atoms with Gasteiger partial charge in [0, 0.05) is 32.1 Å². The number of nitriles is 2. The summed E-state index contributed by atoms with van der Waals surface area (Å²) in [5.74, 6) is 0.863. The SMILES string of the molecule is Cn1c(CCc2ccc(C#N)cc2)nc2cc(C(=O)N(CCC#N)CCc3ccccc3)ccc21. The molecule has 0 spiro atoms. The first-order chi connectivity index (χ1) is 17.1. The summed E-state index contributed by atoms with van der Waals surface area (Å²) in [6, 6.07) is 27.6. The van der Waals surface area contributed by atoms with E-state index in [4.69, 9.17) is 15.5 Å². The van der Waals surface area contributed by atoms with Crippen LogP contribution in [0.25, 0.3) is 11.0 Å². The van der Waals surface area contributed by atoms with Crippen LogP contribution in [-0.2, 0) is 26.3 Å². The fraction of sp³-hybridized carbons (Fsp3) is 0.241. The minimum Gasteiger partial charge on any atom is -0.337 e. The second-order valence-electron chi connectivity index (χ2n) is 8.54. The van der Waals surface area contributed by atoms with Gasteiger partial charge in [-0.05, 0) is 54.3 Å². The Morgan fingerprint density at radius 3 is 2.37 bits per heavy atom. The number of imidazole rings is 1. The summed E-state index contributed by atoms with van der Waals surface area (Å²) >= 11 is 0. The Kier molecular flexibility index (Phi) is 7.55. The zero-order valence-electron chi connectivity index (χ0n) is 19.8. The molecule has 0 aliphatic carbocycles. The second kappa shape index (κ2) is 11.1. The fourth-order valence-corrected chi connectivity index (χ4v) is 4.20. The van der Waals surface area contributed by atoms with E-state index in [0.717, 1.165) is 47.2 Å². The lowest BCUT2D eigenvalue weighted by Gasteiger charge is -2.22. The average molecular weight is 462 g/mol. The van der Waals surface area contributed by atoms with Crippen LogP contribution in [0.3, 0.4) is 0 Å². The van der Waals surface area contributed by atoms with Crippen LogP contribution in [0.5, 0.6) is 0 Å². The zero-order chi connectivity index (χ0) is 24.6. The van der Waals surface area contributed by atoms with E-state index in [1.54, 1.807) is 4.90 Å². The molecule has 35 heavy (non-hydrogen) atoms. The van der Waals surface area contributed by atoms with Crippen molar-refractivity contribution in [1.29, 1.82) is 10.5 Å². The summed E-state index contributed by atoms with van der Waals surface area (Å²) in [6.07, 6.45) is 2.61. The molecule has 1 amide bonds. The molecule has 3 aromatic carbocycles. The number of fused-ring (bicyclic) bond motifs is 1. The second-order valence-corrected chi connectivity index (χ2v) is 8.54. The summed E-state index contributed by atoms with van der Waals surface area (Å²) in [5, 5.41) is 18.0. The normalized spacial score (nSPS) is 10.6. The smallest absolute Gasteiger partial charge is 0.253 e. The highest BCUT2D eigenvalue weighted by molar-refractivity contribution is 5.97. The Hall–Kier alpha value is -4.42. The standard InChI is InChI=1S/C29H27N5O/c1-33-27-14-13-25(29(35)34(18-5-17-30)19-16-22-6-3-2-4-7-22)20-26(27)32-28(33)15-12-23-8-10-24(21-31)11-9-23/h2-4,6-11,13-14,20H,5,12,15-16,18-19H2,1H3. The Bertz CT molecular complexity index is 1390. The number of aromatic nitrogens is 2. The van der Waals surface area contributed by atoms with Crippen molar-refractivity contribution in [2.45, 2.75) is 25.7 Å². The number of hydrogen-bond donors (Lipinski definition) is 0. The molecule has 0 aliphatic heterocycles. The van der Waals surface area contributed by atoms with Gasteiger partial charge >= 0.3 is 0 Å². The van der Waals surface area contributed by atoms with E-state index in [2.05, 4.69) is 16.7 Å². The molecule has 0 N–H and O–H groups in total. The van der Waals surface area contributed by atoms with Gasteiger partial charge in [-0.25, -0.2) is 4.98 Å². The number of carbonyl (C=O) groups excluding carboxylic acids is 1. The van der Waals surface area contributed by atoms with E-state index in [0.29, 0.717) is 30.6 Å². The van der Waals surface area contributed by atoms with Gasteiger partial charge in [0.25, 0.3) is 5.91 Å². The van der Waals surface area contributed by atoms with Gasteiger partial charge in [-0.15, -0.1) is 0 Å². The van der Waals surface area contributed by atoms with E-state index < -0.39 is 0 Å². The Morgan fingerprint density at radius 2 is 1.66 bits per heavy atom. The Labute approximate surface area is 205 Å². The highest BCUT2D eigenvalue weighted by Crippen LogP contribution is 2.20. The lowest BCUT2D eigenvalue weighted by atomic mass is 10.1. The molecule has 4 aromatic rings.